The molecule has 0 radical (unpaired) electrons. The third-order valence-electron chi connectivity index (χ3n) is 4.55. The van der Waals surface area contributed by atoms with Crippen molar-refractivity contribution in [1.29, 1.82) is 5.26 Å². The molecule has 1 heterocycles. The number of hydrogen-bond donors (Lipinski definition) is 2. The van der Waals surface area contributed by atoms with Gasteiger partial charge in [0.1, 0.15) is 23.2 Å². The summed E-state index contributed by atoms with van der Waals surface area (Å²) < 4.78 is 30.9. The topological polar surface area (TPSA) is 106 Å². The van der Waals surface area contributed by atoms with E-state index in [1.807, 2.05) is 30.3 Å². The van der Waals surface area contributed by atoms with E-state index in [0.29, 0.717) is 36.2 Å². The van der Waals surface area contributed by atoms with Gasteiger partial charge in [-0.2, -0.15) is 19.1 Å². The molecule has 9 heteroatoms. The summed E-state index contributed by atoms with van der Waals surface area (Å²) in [4.78, 5) is 12.0. The molecular weight excluding hydrogens is 416 g/mol. The van der Waals surface area contributed by atoms with Gasteiger partial charge in [0, 0.05) is 18.2 Å². The normalized spacial score (nSPS) is 10.9. The summed E-state index contributed by atoms with van der Waals surface area (Å²) in [5.74, 6) is -0.126. The molecule has 0 aliphatic rings. The molecule has 0 saturated heterocycles. The average molecular weight is 437 g/mol. The van der Waals surface area contributed by atoms with E-state index in [9.17, 15) is 18.8 Å². The Labute approximate surface area is 183 Å². The largest absolute Gasteiger partial charge is 0.434 e. The molecule has 0 unspecified atom stereocenters. The maximum atomic E-state index is 12.5. The molecule has 3 N–H and O–H groups in total. The van der Waals surface area contributed by atoms with Gasteiger partial charge in [0.2, 0.25) is 5.91 Å². The van der Waals surface area contributed by atoms with E-state index in [0.717, 1.165) is 5.69 Å². The van der Waals surface area contributed by atoms with Crippen LogP contribution in [0.15, 0.2) is 60.7 Å². The fourth-order valence-corrected chi connectivity index (χ4v) is 3.05. The van der Waals surface area contributed by atoms with Crippen molar-refractivity contribution < 1.29 is 18.3 Å². The second kappa shape index (κ2) is 10.7. The number of hydrogen-bond acceptors (Lipinski definition) is 5. The number of benzene rings is 2. The lowest BCUT2D eigenvalue weighted by atomic mass is 10.1. The van der Waals surface area contributed by atoms with Crippen molar-refractivity contribution >= 4 is 17.8 Å². The number of aryl methyl sites for hydroxylation is 1. The Morgan fingerprint density at radius 3 is 2.66 bits per heavy atom. The second-order valence-electron chi connectivity index (χ2n) is 6.71. The summed E-state index contributed by atoms with van der Waals surface area (Å²) >= 11 is 0. The lowest BCUT2D eigenvalue weighted by Gasteiger charge is -2.07. The molecule has 0 atom stereocenters. The minimum atomic E-state index is -2.95. The monoisotopic (exact) mass is 437 g/mol. The first-order chi connectivity index (χ1) is 15.5. The second-order valence-corrected chi connectivity index (χ2v) is 6.71. The van der Waals surface area contributed by atoms with Crippen LogP contribution in [0.4, 0.5) is 14.6 Å². The Hall–Kier alpha value is -4.19. The van der Waals surface area contributed by atoms with Crippen LogP contribution in [0.5, 0.6) is 5.75 Å². The van der Waals surface area contributed by atoms with Gasteiger partial charge in [-0.15, -0.1) is 0 Å². The number of ether oxygens (including phenoxy) is 1. The van der Waals surface area contributed by atoms with Gasteiger partial charge in [-0.05, 0) is 37.1 Å². The number of aromatic nitrogens is 2. The molecule has 1 amide bonds. The smallest absolute Gasteiger partial charge is 0.387 e. The highest BCUT2D eigenvalue weighted by Crippen LogP contribution is 2.22. The summed E-state index contributed by atoms with van der Waals surface area (Å²) in [6.07, 6.45) is 3.63. The van der Waals surface area contributed by atoms with Gasteiger partial charge in [0.25, 0.3) is 0 Å². The molecule has 2 aromatic carbocycles. The number of nitrogens with one attached hydrogen (secondary N) is 1. The van der Waals surface area contributed by atoms with Crippen molar-refractivity contribution in [2.75, 3.05) is 12.3 Å². The fourth-order valence-electron chi connectivity index (χ4n) is 3.05. The van der Waals surface area contributed by atoms with Crippen molar-refractivity contribution in [1.82, 2.24) is 15.1 Å². The lowest BCUT2D eigenvalue weighted by molar-refractivity contribution is -0.116. The molecule has 7 nitrogen and oxygen atoms in total. The number of nitrogens with zero attached hydrogens (tertiary/aromatic N) is 3. The van der Waals surface area contributed by atoms with E-state index in [1.165, 1.54) is 22.9 Å². The molecule has 0 bridgehead atoms. The number of nitriles is 1. The number of alkyl halides is 2. The van der Waals surface area contributed by atoms with E-state index in [4.69, 9.17) is 5.73 Å². The average Bonchev–Trinajstić information content (AvgIpc) is 3.11. The Balaban J connectivity index is 1.55. The van der Waals surface area contributed by atoms with E-state index in [-0.39, 0.29) is 17.5 Å². The van der Waals surface area contributed by atoms with Gasteiger partial charge in [-0.1, -0.05) is 36.4 Å². The van der Waals surface area contributed by atoms with Crippen LogP contribution < -0.4 is 15.8 Å². The molecule has 164 valence electrons. The zero-order valence-corrected chi connectivity index (χ0v) is 17.0. The Morgan fingerprint density at radius 1 is 1.22 bits per heavy atom. The number of para-hydroxylation sites is 2. The molecule has 32 heavy (non-hydrogen) atoms. The fraction of sp³-hybridized carbons (Fsp3) is 0.174. The van der Waals surface area contributed by atoms with Crippen LogP contribution in [0.3, 0.4) is 0 Å². The number of amides is 1. The van der Waals surface area contributed by atoms with E-state index in [2.05, 4.69) is 21.2 Å². The third-order valence-corrected chi connectivity index (χ3v) is 4.55. The number of nitrogen functional groups attached to an aromatic ring is 1. The zero-order chi connectivity index (χ0) is 22.9. The van der Waals surface area contributed by atoms with Crippen LogP contribution >= 0.6 is 0 Å². The summed E-state index contributed by atoms with van der Waals surface area (Å²) in [6, 6.07) is 17.5. The molecule has 1 aromatic heterocycles. The van der Waals surface area contributed by atoms with Crippen LogP contribution in [-0.4, -0.2) is 28.8 Å². The predicted octanol–water partition coefficient (Wildman–Crippen LogP) is 3.69. The summed E-state index contributed by atoms with van der Waals surface area (Å²) in [5, 5.41) is 16.6. The Morgan fingerprint density at radius 2 is 1.94 bits per heavy atom. The van der Waals surface area contributed by atoms with Gasteiger partial charge < -0.3 is 15.8 Å². The van der Waals surface area contributed by atoms with Crippen molar-refractivity contribution in [3.05, 3.63) is 77.5 Å². The first-order valence-corrected chi connectivity index (χ1v) is 9.82. The summed E-state index contributed by atoms with van der Waals surface area (Å²) in [6.45, 7) is -2.61. The summed E-state index contributed by atoms with van der Waals surface area (Å²) in [5.41, 5.74) is 8.06. The van der Waals surface area contributed by atoms with Crippen LogP contribution in [-0.2, 0) is 11.2 Å². The van der Waals surface area contributed by atoms with Crippen molar-refractivity contribution in [3.63, 3.8) is 0 Å². The van der Waals surface area contributed by atoms with Gasteiger partial charge >= 0.3 is 6.61 Å². The molecule has 0 saturated carbocycles. The van der Waals surface area contributed by atoms with Crippen LogP contribution in [0, 0.1) is 11.3 Å². The molecular formula is C23H21F2N5O2. The molecule has 0 aliphatic carbocycles. The number of halogens is 2. The number of anilines is 1. The Kier molecular flexibility index (Phi) is 7.54. The SMILES string of the molecule is N#Cc1c(CCCNC(=O)/C=C/c2ccccc2OC(F)F)nn(-c2ccccc2)c1N. The minimum Gasteiger partial charge on any atom is -0.434 e. The van der Waals surface area contributed by atoms with Crippen molar-refractivity contribution in [2.24, 2.45) is 0 Å². The maximum absolute atomic E-state index is 12.5. The maximum Gasteiger partial charge on any atom is 0.387 e. The van der Waals surface area contributed by atoms with Crippen molar-refractivity contribution in [2.45, 2.75) is 19.5 Å². The van der Waals surface area contributed by atoms with E-state index >= 15 is 0 Å². The molecule has 3 aromatic rings. The summed E-state index contributed by atoms with van der Waals surface area (Å²) in [7, 11) is 0. The van der Waals surface area contributed by atoms with Gasteiger partial charge in [-0.25, -0.2) is 4.68 Å². The predicted molar refractivity (Wildman–Crippen MR) is 116 cm³/mol. The van der Waals surface area contributed by atoms with Crippen molar-refractivity contribution in [3.8, 4) is 17.5 Å². The standard InChI is InChI=1S/C23H21F2N5O2/c24-23(25)32-20-11-5-4-7-16(20)12-13-21(31)28-14-6-10-19-18(15-26)22(27)30(29-19)17-8-2-1-3-9-17/h1-5,7-9,11-13,23H,6,10,14,27H2,(H,28,31)/b13-12+. The highest BCUT2D eigenvalue weighted by molar-refractivity contribution is 5.92. The quantitative estimate of drug-likeness (QED) is 0.392. The molecule has 0 aliphatic heterocycles. The number of carbonyl (C=O) groups is 1. The zero-order valence-electron chi connectivity index (χ0n) is 17.0. The number of nitrogens with two attached hydrogens (primary N) is 1. The van der Waals surface area contributed by atoms with Crippen LogP contribution in [0.25, 0.3) is 11.8 Å². The van der Waals surface area contributed by atoms with Crippen LogP contribution in [0.1, 0.15) is 23.2 Å². The van der Waals surface area contributed by atoms with E-state index in [1.54, 1.807) is 18.2 Å². The first-order valence-electron chi connectivity index (χ1n) is 9.82. The highest BCUT2D eigenvalue weighted by atomic mass is 19.3. The van der Waals surface area contributed by atoms with E-state index < -0.39 is 6.61 Å². The van der Waals surface area contributed by atoms with Gasteiger partial charge in [-0.3, -0.25) is 4.79 Å². The first kappa shape index (κ1) is 22.5. The molecule has 0 fully saturated rings. The third kappa shape index (κ3) is 5.70. The number of carbonyl (C=O) groups excluding carboxylic acids is 1. The minimum absolute atomic E-state index is 0.0119. The van der Waals surface area contributed by atoms with Gasteiger partial charge in [0.05, 0.1) is 11.4 Å². The van der Waals surface area contributed by atoms with Crippen LogP contribution in [0.2, 0.25) is 0 Å². The molecule has 0 spiro atoms. The Bertz CT molecular complexity index is 1140. The van der Waals surface area contributed by atoms with Gasteiger partial charge in [0.15, 0.2) is 0 Å². The highest BCUT2D eigenvalue weighted by Gasteiger charge is 2.16. The lowest BCUT2D eigenvalue weighted by Crippen LogP contribution is -2.22. The number of rotatable bonds is 9. The molecule has 3 rings (SSSR count).